The summed E-state index contributed by atoms with van der Waals surface area (Å²) in [5, 5.41) is 0. The van der Waals surface area contributed by atoms with Gasteiger partial charge < -0.3 is 5.73 Å². The molecule has 112 valence electrons. The van der Waals surface area contributed by atoms with Crippen LogP contribution in [0.25, 0.3) is 0 Å². The molecule has 2 nitrogen and oxygen atoms in total. The van der Waals surface area contributed by atoms with Crippen molar-refractivity contribution in [3.8, 4) is 0 Å². The molecule has 2 rings (SSSR count). The van der Waals surface area contributed by atoms with Crippen molar-refractivity contribution in [3.63, 3.8) is 0 Å². The number of halogens is 3. The molecule has 1 heterocycles. The quantitative estimate of drug-likeness (QED) is 0.922. The van der Waals surface area contributed by atoms with Crippen molar-refractivity contribution in [2.75, 3.05) is 13.1 Å². The minimum Gasteiger partial charge on any atom is -0.328 e. The molecule has 0 aliphatic carbocycles. The molecular formula is C15H21F3N2. The van der Waals surface area contributed by atoms with Crippen LogP contribution in [0.4, 0.5) is 13.2 Å². The lowest BCUT2D eigenvalue weighted by atomic mass is 10.0. The maximum absolute atomic E-state index is 12.5. The first-order chi connectivity index (χ1) is 9.29. The Bertz CT molecular complexity index is 439. The van der Waals surface area contributed by atoms with Gasteiger partial charge in [-0.1, -0.05) is 12.1 Å². The summed E-state index contributed by atoms with van der Waals surface area (Å²) in [4.78, 5) is 2.29. The number of hydrogen-bond donors (Lipinski definition) is 1. The van der Waals surface area contributed by atoms with Crippen LogP contribution in [0, 0.1) is 5.92 Å². The van der Waals surface area contributed by atoms with Crippen LogP contribution in [-0.2, 0) is 6.18 Å². The Balaban J connectivity index is 2.05. The van der Waals surface area contributed by atoms with Crippen molar-refractivity contribution >= 4 is 0 Å². The normalized spacial score (nSPS) is 23.8. The van der Waals surface area contributed by atoms with Crippen LogP contribution in [0.3, 0.4) is 0 Å². The van der Waals surface area contributed by atoms with Crippen molar-refractivity contribution in [2.24, 2.45) is 11.7 Å². The van der Waals surface area contributed by atoms with E-state index in [-0.39, 0.29) is 12.1 Å². The standard InChI is InChI=1S/C15H21F3N2/c1-10(19)13-7-8-20(9-13)11(2)12-3-5-14(6-4-12)15(16,17)18/h3-6,10-11,13H,7-9,19H2,1-2H3. The van der Waals surface area contributed by atoms with Gasteiger partial charge in [0.25, 0.3) is 0 Å². The Labute approximate surface area is 117 Å². The highest BCUT2D eigenvalue weighted by Gasteiger charge is 2.31. The zero-order valence-electron chi connectivity index (χ0n) is 11.8. The molecule has 0 amide bonds. The first-order valence-electron chi connectivity index (χ1n) is 6.96. The van der Waals surface area contributed by atoms with Crippen LogP contribution in [0.2, 0.25) is 0 Å². The minimum atomic E-state index is -4.27. The molecule has 20 heavy (non-hydrogen) atoms. The number of rotatable bonds is 3. The average molecular weight is 286 g/mol. The van der Waals surface area contributed by atoms with Crippen LogP contribution >= 0.6 is 0 Å². The molecule has 0 saturated carbocycles. The molecule has 2 N–H and O–H groups in total. The second kappa shape index (κ2) is 5.74. The van der Waals surface area contributed by atoms with Gasteiger partial charge in [0, 0.05) is 18.6 Å². The Hall–Kier alpha value is -1.07. The van der Waals surface area contributed by atoms with Gasteiger partial charge in [-0.05, 0) is 50.4 Å². The average Bonchev–Trinajstić information content (AvgIpc) is 2.86. The summed E-state index contributed by atoms with van der Waals surface area (Å²) in [5.41, 5.74) is 6.24. The van der Waals surface area contributed by atoms with E-state index in [9.17, 15) is 13.2 Å². The van der Waals surface area contributed by atoms with Crippen LogP contribution in [-0.4, -0.2) is 24.0 Å². The minimum absolute atomic E-state index is 0.126. The van der Waals surface area contributed by atoms with Crippen molar-refractivity contribution < 1.29 is 13.2 Å². The van der Waals surface area contributed by atoms with E-state index in [0.29, 0.717) is 5.92 Å². The summed E-state index contributed by atoms with van der Waals surface area (Å²) in [5.74, 6) is 0.479. The molecule has 1 aromatic rings. The van der Waals surface area contributed by atoms with Crippen molar-refractivity contribution in [3.05, 3.63) is 35.4 Å². The van der Waals surface area contributed by atoms with Gasteiger partial charge >= 0.3 is 6.18 Å². The highest BCUT2D eigenvalue weighted by Crippen LogP contribution is 2.32. The first-order valence-corrected chi connectivity index (χ1v) is 6.96. The SMILES string of the molecule is CC(N)C1CCN(C(C)c2ccc(C(F)(F)F)cc2)C1. The van der Waals surface area contributed by atoms with Gasteiger partial charge in [-0.2, -0.15) is 13.2 Å². The predicted molar refractivity (Wildman–Crippen MR) is 73.2 cm³/mol. The van der Waals surface area contributed by atoms with Gasteiger partial charge in [0.2, 0.25) is 0 Å². The number of nitrogens with zero attached hydrogens (tertiary/aromatic N) is 1. The van der Waals surface area contributed by atoms with E-state index in [1.54, 1.807) is 12.1 Å². The van der Waals surface area contributed by atoms with Gasteiger partial charge in [0.15, 0.2) is 0 Å². The van der Waals surface area contributed by atoms with Crippen molar-refractivity contribution in [1.82, 2.24) is 4.90 Å². The van der Waals surface area contributed by atoms with Crippen LogP contribution in [0.5, 0.6) is 0 Å². The monoisotopic (exact) mass is 286 g/mol. The Kier molecular flexibility index (Phi) is 4.39. The number of likely N-dealkylation sites (tertiary alicyclic amines) is 1. The van der Waals surface area contributed by atoms with Crippen LogP contribution < -0.4 is 5.73 Å². The lowest BCUT2D eigenvalue weighted by molar-refractivity contribution is -0.137. The maximum Gasteiger partial charge on any atom is 0.416 e. The largest absolute Gasteiger partial charge is 0.416 e. The van der Waals surface area contributed by atoms with Gasteiger partial charge in [-0.15, -0.1) is 0 Å². The summed E-state index contributed by atoms with van der Waals surface area (Å²) < 4.78 is 37.6. The number of alkyl halides is 3. The van der Waals surface area contributed by atoms with E-state index < -0.39 is 11.7 Å². The fourth-order valence-corrected chi connectivity index (χ4v) is 2.76. The van der Waals surface area contributed by atoms with Crippen molar-refractivity contribution in [1.29, 1.82) is 0 Å². The molecule has 0 radical (unpaired) electrons. The van der Waals surface area contributed by atoms with E-state index in [1.807, 2.05) is 13.8 Å². The van der Waals surface area contributed by atoms with E-state index in [2.05, 4.69) is 4.90 Å². The molecule has 0 bridgehead atoms. The second-order valence-electron chi connectivity index (χ2n) is 5.70. The summed E-state index contributed by atoms with van der Waals surface area (Å²) in [6.45, 7) is 5.91. The molecule has 1 aliphatic heterocycles. The second-order valence-corrected chi connectivity index (χ2v) is 5.70. The highest BCUT2D eigenvalue weighted by atomic mass is 19.4. The number of benzene rings is 1. The Morgan fingerprint density at radius 1 is 1.20 bits per heavy atom. The van der Waals surface area contributed by atoms with Gasteiger partial charge in [-0.25, -0.2) is 0 Å². The number of hydrogen-bond acceptors (Lipinski definition) is 2. The summed E-state index contributed by atoms with van der Waals surface area (Å²) in [6.07, 6.45) is -3.21. The maximum atomic E-state index is 12.5. The topological polar surface area (TPSA) is 29.3 Å². The molecule has 1 aromatic carbocycles. The van der Waals surface area contributed by atoms with Gasteiger partial charge in [0.05, 0.1) is 5.56 Å². The molecule has 0 spiro atoms. The third kappa shape index (κ3) is 3.33. The highest BCUT2D eigenvalue weighted by molar-refractivity contribution is 5.26. The lowest BCUT2D eigenvalue weighted by Crippen LogP contribution is -2.31. The molecule has 3 unspecified atom stereocenters. The van der Waals surface area contributed by atoms with Crippen LogP contribution in [0.15, 0.2) is 24.3 Å². The van der Waals surface area contributed by atoms with E-state index >= 15 is 0 Å². The molecule has 1 saturated heterocycles. The van der Waals surface area contributed by atoms with Crippen LogP contribution in [0.1, 0.15) is 37.4 Å². The fraction of sp³-hybridized carbons (Fsp3) is 0.600. The Morgan fingerprint density at radius 2 is 1.80 bits per heavy atom. The van der Waals surface area contributed by atoms with E-state index in [4.69, 9.17) is 5.73 Å². The predicted octanol–water partition coefficient (Wildman–Crippen LogP) is 3.44. The van der Waals surface area contributed by atoms with Gasteiger partial charge in [-0.3, -0.25) is 4.90 Å². The molecule has 0 aromatic heterocycles. The summed E-state index contributed by atoms with van der Waals surface area (Å²) in [7, 11) is 0. The molecule has 1 aliphatic rings. The smallest absolute Gasteiger partial charge is 0.328 e. The van der Waals surface area contributed by atoms with E-state index in [1.165, 1.54) is 0 Å². The molecule has 3 atom stereocenters. The molecule has 5 heteroatoms. The first kappa shape index (κ1) is 15.3. The summed E-state index contributed by atoms with van der Waals surface area (Å²) in [6, 6.07) is 5.76. The third-order valence-electron chi connectivity index (χ3n) is 4.27. The molecule has 1 fully saturated rings. The van der Waals surface area contributed by atoms with Gasteiger partial charge in [0.1, 0.15) is 0 Å². The zero-order valence-corrected chi connectivity index (χ0v) is 11.8. The fourth-order valence-electron chi connectivity index (χ4n) is 2.76. The third-order valence-corrected chi connectivity index (χ3v) is 4.27. The van der Waals surface area contributed by atoms with E-state index in [0.717, 1.165) is 37.2 Å². The summed E-state index contributed by atoms with van der Waals surface area (Å²) >= 11 is 0. The number of nitrogens with two attached hydrogens (primary N) is 1. The van der Waals surface area contributed by atoms with Crippen molar-refractivity contribution in [2.45, 2.75) is 38.5 Å². The zero-order chi connectivity index (χ0) is 14.9. The molecular weight excluding hydrogens is 265 g/mol. The Morgan fingerprint density at radius 3 is 2.25 bits per heavy atom. The lowest BCUT2D eigenvalue weighted by Gasteiger charge is -2.25.